The monoisotopic (exact) mass is 364 g/mol. The van der Waals surface area contributed by atoms with Crippen LogP contribution in [-0.4, -0.2) is 30.2 Å². The molecule has 24 heavy (non-hydrogen) atoms. The molecule has 0 aliphatic carbocycles. The van der Waals surface area contributed by atoms with Crippen molar-refractivity contribution in [1.29, 1.82) is 0 Å². The minimum atomic E-state index is -3.81. The smallest absolute Gasteiger partial charge is 0.296 e. The second-order valence-electron chi connectivity index (χ2n) is 5.09. The Morgan fingerprint density at radius 2 is 1.75 bits per heavy atom. The average Bonchev–Trinajstić information content (AvgIpc) is 3.11. The Bertz CT molecular complexity index is 944. The van der Waals surface area contributed by atoms with Crippen LogP contribution in [0.5, 0.6) is 0 Å². The molecule has 3 N–H and O–H groups in total. The molecule has 1 aromatic carbocycles. The van der Waals surface area contributed by atoms with Gasteiger partial charge in [0.25, 0.3) is 11.8 Å². The van der Waals surface area contributed by atoms with Gasteiger partial charge in [-0.15, -0.1) is 11.3 Å². The van der Waals surface area contributed by atoms with E-state index in [1.165, 1.54) is 35.6 Å². The fourth-order valence-corrected chi connectivity index (χ4v) is 3.60. The van der Waals surface area contributed by atoms with E-state index in [-0.39, 0.29) is 17.0 Å². The Morgan fingerprint density at radius 3 is 2.29 bits per heavy atom. The van der Waals surface area contributed by atoms with Crippen molar-refractivity contribution < 1.29 is 23.1 Å². The van der Waals surface area contributed by atoms with Gasteiger partial charge in [0.2, 0.25) is 10.0 Å². The summed E-state index contributed by atoms with van der Waals surface area (Å²) in [5, 5.41) is 16.7. The maximum absolute atomic E-state index is 12.4. The van der Waals surface area contributed by atoms with Crippen molar-refractivity contribution in [1.82, 2.24) is 4.90 Å². The number of rotatable bonds is 4. The molecule has 0 spiro atoms. The summed E-state index contributed by atoms with van der Waals surface area (Å²) in [7, 11) is -3.81. The van der Waals surface area contributed by atoms with Gasteiger partial charge in [0.15, 0.2) is 5.76 Å². The number of benzene rings is 1. The summed E-state index contributed by atoms with van der Waals surface area (Å²) >= 11 is 1.24. The number of hydrogen-bond acceptors (Lipinski definition) is 6. The third-order valence-corrected chi connectivity index (χ3v) is 5.32. The highest BCUT2D eigenvalue weighted by atomic mass is 32.2. The number of aliphatic hydroxyl groups excluding tert-OH is 1. The van der Waals surface area contributed by atoms with E-state index in [9.17, 15) is 23.1 Å². The van der Waals surface area contributed by atoms with Gasteiger partial charge in [0.1, 0.15) is 5.57 Å². The van der Waals surface area contributed by atoms with E-state index in [4.69, 9.17) is 5.14 Å². The van der Waals surface area contributed by atoms with Gasteiger partial charge in [-0.05, 0) is 29.1 Å². The summed E-state index contributed by atoms with van der Waals surface area (Å²) in [4.78, 5) is 25.9. The van der Waals surface area contributed by atoms with Gasteiger partial charge in [-0.3, -0.25) is 14.5 Å². The Hall–Kier alpha value is -2.49. The first-order chi connectivity index (χ1) is 11.3. The summed E-state index contributed by atoms with van der Waals surface area (Å²) in [6.07, 6.45) is 0. The van der Waals surface area contributed by atoms with Crippen molar-refractivity contribution in [2.24, 2.45) is 5.14 Å². The first kappa shape index (κ1) is 16.4. The molecule has 9 heteroatoms. The van der Waals surface area contributed by atoms with Crippen molar-refractivity contribution in [3.05, 3.63) is 58.0 Å². The van der Waals surface area contributed by atoms with Gasteiger partial charge in [0.05, 0.1) is 11.4 Å². The minimum Gasteiger partial charge on any atom is -0.502 e. The molecule has 2 heterocycles. The fourth-order valence-electron chi connectivity index (χ4n) is 2.32. The number of carbonyl (C=O) groups excluding carboxylic acids is 2. The Labute approximate surface area is 141 Å². The van der Waals surface area contributed by atoms with Gasteiger partial charge >= 0.3 is 0 Å². The van der Waals surface area contributed by atoms with Crippen molar-refractivity contribution in [2.75, 3.05) is 0 Å². The van der Waals surface area contributed by atoms with Crippen LogP contribution < -0.4 is 5.14 Å². The molecular formula is C15H12N2O5S2. The third kappa shape index (κ3) is 2.84. The normalized spacial score (nSPS) is 15.5. The number of sulfonamides is 1. The molecule has 2 amide bonds. The highest BCUT2D eigenvalue weighted by Gasteiger charge is 2.39. The van der Waals surface area contributed by atoms with E-state index in [0.29, 0.717) is 10.4 Å². The van der Waals surface area contributed by atoms with Crippen LogP contribution in [-0.2, 0) is 26.2 Å². The number of aliphatic hydroxyl groups is 1. The number of amides is 2. The molecule has 0 unspecified atom stereocenters. The van der Waals surface area contributed by atoms with Gasteiger partial charge in [-0.1, -0.05) is 18.2 Å². The number of carbonyl (C=O) groups is 2. The van der Waals surface area contributed by atoms with Crippen LogP contribution in [0.4, 0.5) is 0 Å². The molecule has 0 radical (unpaired) electrons. The van der Waals surface area contributed by atoms with Crippen LogP contribution in [0.25, 0.3) is 5.57 Å². The highest BCUT2D eigenvalue weighted by Crippen LogP contribution is 2.31. The lowest BCUT2D eigenvalue weighted by molar-refractivity contribution is -0.138. The lowest BCUT2D eigenvalue weighted by Gasteiger charge is -2.14. The molecular weight excluding hydrogens is 352 g/mol. The predicted octanol–water partition coefficient (Wildman–Crippen LogP) is 1.23. The van der Waals surface area contributed by atoms with E-state index in [1.54, 1.807) is 17.5 Å². The second-order valence-corrected chi connectivity index (χ2v) is 7.60. The zero-order valence-electron chi connectivity index (χ0n) is 12.2. The molecule has 3 rings (SSSR count). The molecule has 1 aliphatic heterocycles. The lowest BCUT2D eigenvalue weighted by Crippen LogP contribution is -2.31. The first-order valence-electron chi connectivity index (χ1n) is 6.74. The predicted molar refractivity (Wildman–Crippen MR) is 87.2 cm³/mol. The van der Waals surface area contributed by atoms with Crippen LogP contribution >= 0.6 is 11.3 Å². The fraction of sp³-hybridized carbons (Fsp3) is 0.0667. The van der Waals surface area contributed by atoms with Crippen molar-refractivity contribution in [3.8, 4) is 0 Å². The first-order valence-corrected chi connectivity index (χ1v) is 9.16. The summed E-state index contributed by atoms with van der Waals surface area (Å²) in [5.41, 5.74) is 0.514. The Morgan fingerprint density at radius 1 is 1.08 bits per heavy atom. The molecule has 124 valence electrons. The topological polar surface area (TPSA) is 118 Å². The number of primary sulfonamides is 1. The van der Waals surface area contributed by atoms with Crippen molar-refractivity contribution in [2.45, 2.75) is 11.4 Å². The summed E-state index contributed by atoms with van der Waals surface area (Å²) < 4.78 is 22.5. The number of thiophene rings is 1. The highest BCUT2D eigenvalue weighted by molar-refractivity contribution is 7.89. The van der Waals surface area contributed by atoms with Crippen molar-refractivity contribution >= 4 is 38.7 Å². The third-order valence-electron chi connectivity index (χ3n) is 3.50. The average molecular weight is 364 g/mol. The quantitative estimate of drug-likeness (QED) is 0.791. The number of nitrogens with two attached hydrogens (primary N) is 1. The maximum atomic E-state index is 12.4. The zero-order chi connectivity index (χ0) is 17.5. The molecule has 2 aromatic rings. The Kier molecular flexibility index (Phi) is 3.99. The molecule has 0 bridgehead atoms. The van der Waals surface area contributed by atoms with E-state index >= 15 is 0 Å². The molecule has 0 saturated carbocycles. The Balaban J connectivity index is 1.85. The van der Waals surface area contributed by atoms with Crippen LogP contribution in [0.15, 0.2) is 52.4 Å². The summed E-state index contributed by atoms with van der Waals surface area (Å²) in [5.74, 6) is -1.95. The van der Waals surface area contributed by atoms with Crippen LogP contribution in [0, 0.1) is 0 Å². The largest absolute Gasteiger partial charge is 0.502 e. The molecule has 0 atom stereocenters. The van der Waals surface area contributed by atoms with Crippen LogP contribution in [0.3, 0.4) is 0 Å². The maximum Gasteiger partial charge on any atom is 0.296 e. The second kappa shape index (κ2) is 5.86. The van der Waals surface area contributed by atoms with Gasteiger partial charge in [0, 0.05) is 4.88 Å². The van der Waals surface area contributed by atoms with E-state index in [0.717, 1.165) is 4.90 Å². The van der Waals surface area contributed by atoms with Gasteiger partial charge in [-0.2, -0.15) is 0 Å². The standard InChI is InChI=1S/C15H12N2O5S2/c16-24(21,22)10-5-3-9(4-6-10)8-17-14(19)12(13(18)15(17)20)11-2-1-7-23-11/h1-7,18H,8H2,(H2,16,21,22). The lowest BCUT2D eigenvalue weighted by atomic mass is 10.2. The number of hydrogen-bond donors (Lipinski definition) is 2. The van der Waals surface area contributed by atoms with Crippen molar-refractivity contribution in [3.63, 3.8) is 0 Å². The van der Waals surface area contributed by atoms with E-state index in [2.05, 4.69) is 0 Å². The van der Waals surface area contributed by atoms with E-state index < -0.39 is 27.6 Å². The number of nitrogens with zero attached hydrogens (tertiary/aromatic N) is 1. The van der Waals surface area contributed by atoms with Gasteiger partial charge in [-0.25, -0.2) is 13.6 Å². The van der Waals surface area contributed by atoms with E-state index in [1.807, 2.05) is 0 Å². The SMILES string of the molecule is NS(=O)(=O)c1ccc(CN2C(=O)C(O)=C(c3cccs3)C2=O)cc1. The zero-order valence-corrected chi connectivity index (χ0v) is 13.8. The minimum absolute atomic E-state index is 0.0174. The number of imide groups is 1. The van der Waals surface area contributed by atoms with Crippen LogP contribution in [0.2, 0.25) is 0 Å². The van der Waals surface area contributed by atoms with Gasteiger partial charge < -0.3 is 5.11 Å². The summed E-state index contributed by atoms with van der Waals surface area (Å²) in [6, 6.07) is 8.87. The summed E-state index contributed by atoms with van der Waals surface area (Å²) in [6.45, 7) is -0.0818. The molecule has 0 saturated heterocycles. The molecule has 7 nitrogen and oxygen atoms in total. The molecule has 0 fully saturated rings. The molecule has 1 aromatic heterocycles. The molecule has 1 aliphatic rings. The van der Waals surface area contributed by atoms with Crippen LogP contribution in [0.1, 0.15) is 10.4 Å².